The average molecular weight is 285 g/mol. The highest BCUT2D eigenvalue weighted by Crippen LogP contribution is 2.00. The standard InChI is InChI=1S/C15H15N3O3/c19-14-17-9-13(10-18-14)7-4-8-16-15(20)21-11-12-5-2-1-3-6-12/h1-7,9-10H,8,11H2,(H,16,20)(H,17,18,19). The Bertz CT molecular complexity index is 645. The second-order valence-electron chi connectivity index (χ2n) is 4.20. The van der Waals surface area contributed by atoms with E-state index in [0.29, 0.717) is 6.54 Å². The molecular formula is C15H15N3O3. The summed E-state index contributed by atoms with van der Waals surface area (Å²) in [6, 6.07) is 9.45. The van der Waals surface area contributed by atoms with Crippen molar-refractivity contribution < 1.29 is 9.53 Å². The third-order valence-corrected chi connectivity index (χ3v) is 2.58. The van der Waals surface area contributed by atoms with E-state index in [-0.39, 0.29) is 6.61 Å². The number of nitrogens with one attached hydrogen (secondary N) is 2. The number of carbonyl (C=O) groups excluding carboxylic acids is 1. The van der Waals surface area contributed by atoms with Gasteiger partial charge in [0.15, 0.2) is 0 Å². The normalized spacial score (nSPS) is 10.5. The van der Waals surface area contributed by atoms with E-state index in [1.807, 2.05) is 30.3 Å². The van der Waals surface area contributed by atoms with Crippen LogP contribution in [0.2, 0.25) is 0 Å². The number of alkyl carbamates (subject to hydrolysis) is 1. The lowest BCUT2D eigenvalue weighted by atomic mass is 10.2. The molecule has 6 nitrogen and oxygen atoms in total. The molecule has 0 atom stereocenters. The minimum Gasteiger partial charge on any atom is -0.445 e. The molecule has 2 aromatic rings. The van der Waals surface area contributed by atoms with Crippen LogP contribution in [0.4, 0.5) is 4.79 Å². The quantitative estimate of drug-likeness (QED) is 0.876. The summed E-state index contributed by atoms with van der Waals surface area (Å²) in [5, 5.41) is 2.59. The van der Waals surface area contributed by atoms with Gasteiger partial charge in [0.1, 0.15) is 6.61 Å². The van der Waals surface area contributed by atoms with Gasteiger partial charge in [0.2, 0.25) is 0 Å². The van der Waals surface area contributed by atoms with E-state index in [1.165, 1.54) is 6.20 Å². The Hall–Kier alpha value is -2.89. The summed E-state index contributed by atoms with van der Waals surface area (Å²) in [6.07, 6.45) is 5.98. The van der Waals surface area contributed by atoms with Gasteiger partial charge in [-0.1, -0.05) is 42.5 Å². The Morgan fingerprint density at radius 1 is 1.33 bits per heavy atom. The molecule has 0 spiro atoms. The maximum Gasteiger partial charge on any atom is 0.407 e. The number of ether oxygens (including phenoxy) is 1. The van der Waals surface area contributed by atoms with Gasteiger partial charge in [0.05, 0.1) is 0 Å². The minimum atomic E-state index is -0.483. The lowest BCUT2D eigenvalue weighted by Gasteiger charge is -2.05. The first kappa shape index (κ1) is 14.5. The predicted octanol–water partition coefficient (Wildman–Crippen LogP) is 1.71. The van der Waals surface area contributed by atoms with Gasteiger partial charge in [-0.3, -0.25) is 0 Å². The first-order chi connectivity index (χ1) is 10.2. The number of hydrogen-bond acceptors (Lipinski definition) is 4. The number of carbonyl (C=O) groups is 1. The molecule has 0 unspecified atom stereocenters. The molecule has 0 radical (unpaired) electrons. The Kier molecular flexibility index (Phi) is 5.28. The fraction of sp³-hybridized carbons (Fsp3) is 0.133. The van der Waals surface area contributed by atoms with E-state index >= 15 is 0 Å². The van der Waals surface area contributed by atoms with Crippen molar-refractivity contribution in [2.45, 2.75) is 6.61 Å². The summed E-state index contributed by atoms with van der Waals surface area (Å²) < 4.78 is 5.05. The van der Waals surface area contributed by atoms with Crippen LogP contribution in [0.15, 0.2) is 53.6 Å². The van der Waals surface area contributed by atoms with Crippen LogP contribution in [0, 0.1) is 0 Å². The minimum absolute atomic E-state index is 0.236. The summed E-state index contributed by atoms with van der Waals surface area (Å²) in [6.45, 7) is 0.562. The lowest BCUT2D eigenvalue weighted by molar-refractivity contribution is 0.141. The van der Waals surface area contributed by atoms with Gasteiger partial charge in [-0.2, -0.15) is 0 Å². The number of rotatable bonds is 5. The van der Waals surface area contributed by atoms with E-state index in [9.17, 15) is 9.59 Å². The Morgan fingerprint density at radius 2 is 2.14 bits per heavy atom. The highest BCUT2D eigenvalue weighted by atomic mass is 16.5. The van der Waals surface area contributed by atoms with Gasteiger partial charge >= 0.3 is 11.8 Å². The molecule has 1 heterocycles. The number of aromatic nitrogens is 2. The second kappa shape index (κ2) is 7.64. The fourth-order valence-electron chi connectivity index (χ4n) is 1.56. The van der Waals surface area contributed by atoms with Crippen LogP contribution < -0.4 is 11.0 Å². The van der Waals surface area contributed by atoms with E-state index in [0.717, 1.165) is 11.1 Å². The van der Waals surface area contributed by atoms with Crippen molar-refractivity contribution in [3.05, 3.63) is 70.4 Å². The number of amides is 1. The largest absolute Gasteiger partial charge is 0.445 e. The summed E-state index contributed by atoms with van der Waals surface area (Å²) in [7, 11) is 0. The second-order valence-corrected chi connectivity index (χ2v) is 4.20. The molecule has 0 saturated carbocycles. The van der Waals surface area contributed by atoms with Crippen LogP contribution in [0.3, 0.4) is 0 Å². The third kappa shape index (κ3) is 5.32. The summed E-state index contributed by atoms with van der Waals surface area (Å²) in [5.74, 6) is 0. The van der Waals surface area contributed by atoms with Crippen molar-refractivity contribution in [2.24, 2.45) is 0 Å². The number of nitrogens with zero attached hydrogens (tertiary/aromatic N) is 1. The Morgan fingerprint density at radius 3 is 2.86 bits per heavy atom. The maximum atomic E-state index is 11.4. The van der Waals surface area contributed by atoms with Crippen LogP contribution in [-0.4, -0.2) is 22.6 Å². The number of H-pyrrole nitrogens is 1. The fourth-order valence-corrected chi connectivity index (χ4v) is 1.56. The van der Waals surface area contributed by atoms with Crippen LogP contribution in [0.25, 0.3) is 6.08 Å². The summed E-state index contributed by atoms with van der Waals surface area (Å²) in [4.78, 5) is 28.3. The average Bonchev–Trinajstić information content (AvgIpc) is 2.52. The van der Waals surface area contributed by atoms with E-state index in [2.05, 4.69) is 15.3 Å². The van der Waals surface area contributed by atoms with Crippen molar-refractivity contribution in [3.63, 3.8) is 0 Å². The van der Waals surface area contributed by atoms with Gasteiger partial charge in [-0.05, 0) is 5.56 Å². The zero-order chi connectivity index (χ0) is 14.9. The van der Waals surface area contributed by atoms with E-state index < -0.39 is 11.8 Å². The van der Waals surface area contributed by atoms with E-state index in [1.54, 1.807) is 18.3 Å². The number of benzene rings is 1. The smallest absolute Gasteiger partial charge is 0.407 e. The molecule has 1 aromatic carbocycles. The molecule has 1 aromatic heterocycles. The summed E-state index contributed by atoms with van der Waals surface area (Å²) >= 11 is 0. The molecule has 21 heavy (non-hydrogen) atoms. The van der Waals surface area contributed by atoms with Crippen molar-refractivity contribution in [1.82, 2.24) is 15.3 Å². The van der Waals surface area contributed by atoms with Crippen molar-refractivity contribution in [3.8, 4) is 0 Å². The van der Waals surface area contributed by atoms with Gasteiger partial charge < -0.3 is 15.0 Å². The molecule has 6 heteroatoms. The molecule has 0 aliphatic heterocycles. The Labute approximate surface area is 121 Å². The molecule has 0 aliphatic carbocycles. The molecule has 108 valence electrons. The molecular weight excluding hydrogens is 270 g/mol. The van der Waals surface area contributed by atoms with Gasteiger partial charge in [0, 0.05) is 24.5 Å². The molecule has 2 rings (SSSR count). The number of hydrogen-bond donors (Lipinski definition) is 2. The van der Waals surface area contributed by atoms with Gasteiger partial charge in [-0.15, -0.1) is 0 Å². The molecule has 0 saturated heterocycles. The van der Waals surface area contributed by atoms with Gasteiger partial charge in [-0.25, -0.2) is 14.6 Å². The monoisotopic (exact) mass is 285 g/mol. The van der Waals surface area contributed by atoms with Gasteiger partial charge in [0.25, 0.3) is 0 Å². The molecule has 0 bridgehead atoms. The molecule has 1 amide bonds. The first-order valence-electron chi connectivity index (χ1n) is 6.40. The van der Waals surface area contributed by atoms with Crippen LogP contribution in [-0.2, 0) is 11.3 Å². The topological polar surface area (TPSA) is 84.1 Å². The molecule has 0 aliphatic rings. The maximum absolute atomic E-state index is 11.4. The van der Waals surface area contributed by atoms with Crippen molar-refractivity contribution >= 4 is 12.2 Å². The van der Waals surface area contributed by atoms with Crippen LogP contribution in [0.1, 0.15) is 11.1 Å². The summed E-state index contributed by atoms with van der Waals surface area (Å²) in [5.41, 5.74) is 1.28. The highest BCUT2D eigenvalue weighted by Gasteiger charge is 2.00. The van der Waals surface area contributed by atoms with Crippen LogP contribution >= 0.6 is 0 Å². The highest BCUT2D eigenvalue weighted by molar-refractivity contribution is 5.67. The molecule has 0 fully saturated rings. The third-order valence-electron chi connectivity index (χ3n) is 2.58. The zero-order valence-electron chi connectivity index (χ0n) is 11.3. The first-order valence-corrected chi connectivity index (χ1v) is 6.40. The van der Waals surface area contributed by atoms with Crippen LogP contribution in [0.5, 0.6) is 0 Å². The van der Waals surface area contributed by atoms with Crippen molar-refractivity contribution in [1.29, 1.82) is 0 Å². The zero-order valence-corrected chi connectivity index (χ0v) is 11.3. The lowest BCUT2D eigenvalue weighted by Crippen LogP contribution is -2.24. The number of aromatic amines is 1. The SMILES string of the molecule is O=C(NCC=Cc1cnc(=O)[nH]c1)OCc1ccccc1. The Balaban J connectivity index is 1.69. The molecule has 2 N–H and O–H groups in total. The van der Waals surface area contributed by atoms with Crippen molar-refractivity contribution in [2.75, 3.05) is 6.54 Å². The predicted molar refractivity (Wildman–Crippen MR) is 78.5 cm³/mol. The van der Waals surface area contributed by atoms with E-state index in [4.69, 9.17) is 4.74 Å².